The molecule has 0 radical (unpaired) electrons. The van der Waals surface area contributed by atoms with Crippen molar-refractivity contribution in [2.45, 2.75) is 0 Å². The van der Waals surface area contributed by atoms with Crippen LogP contribution in [0.25, 0.3) is 0 Å². The van der Waals surface area contributed by atoms with Crippen molar-refractivity contribution in [3.05, 3.63) is 0 Å². The number of hydrogen-bond donors (Lipinski definition) is 2. The third-order valence-electron chi connectivity index (χ3n) is 0.326. The molecule has 0 aromatic carbocycles. The van der Waals surface area contributed by atoms with E-state index in [1.165, 1.54) is 0 Å². The zero-order valence-corrected chi connectivity index (χ0v) is 4.26. The highest BCUT2D eigenvalue weighted by atomic mass is 32.1. The fourth-order valence-electron chi connectivity index (χ4n) is 0.0519. The van der Waals surface area contributed by atoms with Gasteiger partial charge in [0.1, 0.15) is 0 Å². The number of nitrogens with zero attached hydrogens (tertiary/aromatic N) is 1. The van der Waals surface area contributed by atoms with Crippen molar-refractivity contribution in [3.8, 4) is 0 Å². The van der Waals surface area contributed by atoms with E-state index in [0.29, 0.717) is 4.31 Å². The predicted molar refractivity (Wildman–Crippen MR) is 26.5 cm³/mol. The molecule has 0 unspecified atom stereocenters. The van der Waals surface area contributed by atoms with E-state index in [1.807, 2.05) is 0 Å². The Bertz CT molecular complexity index is 93.7. The van der Waals surface area contributed by atoms with E-state index in [1.54, 1.807) is 0 Å². The first-order valence-corrected chi connectivity index (χ1v) is 1.81. The van der Waals surface area contributed by atoms with Gasteiger partial charge in [0.25, 0.3) is 0 Å². The molecule has 0 heterocycles. The molecule has 0 bridgehead atoms. The largest absolute Gasteiger partial charge is 0.350 e. The Labute approximate surface area is 45.8 Å². The quantitative estimate of drug-likeness (QED) is 0.357. The molecule has 0 aliphatic heterocycles. The van der Waals surface area contributed by atoms with Gasteiger partial charge in [0.15, 0.2) is 0 Å². The molecular formula is C2H4N2O2S. The average molecular weight is 120 g/mol. The van der Waals surface area contributed by atoms with Crippen molar-refractivity contribution < 1.29 is 9.59 Å². The second-order valence-electron chi connectivity index (χ2n) is 0.788. The monoisotopic (exact) mass is 120 g/mol. The SMILES string of the molecule is NC(=O)N(S)C=O. The summed E-state index contributed by atoms with van der Waals surface area (Å²) < 4.78 is 0.444. The minimum absolute atomic E-state index is 0.214. The first-order chi connectivity index (χ1) is 3.18. The first kappa shape index (κ1) is 6.29. The van der Waals surface area contributed by atoms with Crippen molar-refractivity contribution in [2.24, 2.45) is 5.73 Å². The Hall–Kier alpha value is -0.710. The lowest BCUT2D eigenvalue weighted by atomic mass is 11.0. The Morgan fingerprint density at radius 1 is 1.86 bits per heavy atom. The van der Waals surface area contributed by atoms with Gasteiger partial charge in [0.05, 0.1) is 0 Å². The molecule has 0 atom stereocenters. The molecule has 40 valence electrons. The van der Waals surface area contributed by atoms with Gasteiger partial charge in [-0.05, 0) is 0 Å². The smallest absolute Gasteiger partial charge is 0.331 e. The lowest BCUT2D eigenvalue weighted by molar-refractivity contribution is -0.112. The molecule has 4 nitrogen and oxygen atoms in total. The minimum atomic E-state index is -0.877. The summed E-state index contributed by atoms with van der Waals surface area (Å²) in [5.41, 5.74) is 4.53. The van der Waals surface area contributed by atoms with Crippen LogP contribution >= 0.6 is 12.8 Å². The van der Waals surface area contributed by atoms with E-state index >= 15 is 0 Å². The first-order valence-electron chi connectivity index (χ1n) is 1.41. The number of carbonyl (C=O) groups excluding carboxylic acids is 2. The number of imide groups is 1. The van der Waals surface area contributed by atoms with Crippen LogP contribution in [0.15, 0.2) is 0 Å². The molecule has 0 aliphatic rings. The van der Waals surface area contributed by atoms with Crippen LogP contribution in [0.3, 0.4) is 0 Å². The number of thiol groups is 1. The molecule has 2 N–H and O–H groups in total. The van der Waals surface area contributed by atoms with Gasteiger partial charge in [-0.1, -0.05) is 12.8 Å². The van der Waals surface area contributed by atoms with E-state index in [4.69, 9.17) is 0 Å². The molecule has 0 rings (SSSR count). The molecule has 0 saturated heterocycles. The number of nitrogens with two attached hydrogens (primary N) is 1. The van der Waals surface area contributed by atoms with Gasteiger partial charge in [0, 0.05) is 0 Å². The highest BCUT2D eigenvalue weighted by Gasteiger charge is 1.97. The maximum Gasteiger partial charge on any atom is 0.331 e. The summed E-state index contributed by atoms with van der Waals surface area (Å²) in [4.78, 5) is 19.3. The highest BCUT2D eigenvalue weighted by molar-refractivity contribution is 7.78. The van der Waals surface area contributed by atoms with Crippen LogP contribution < -0.4 is 5.73 Å². The topological polar surface area (TPSA) is 63.4 Å². The van der Waals surface area contributed by atoms with Crippen LogP contribution in [0, 0.1) is 0 Å². The van der Waals surface area contributed by atoms with Crippen molar-refractivity contribution in [2.75, 3.05) is 0 Å². The molecule has 7 heavy (non-hydrogen) atoms. The van der Waals surface area contributed by atoms with Crippen LogP contribution in [-0.2, 0) is 4.79 Å². The number of amides is 3. The highest BCUT2D eigenvalue weighted by Crippen LogP contribution is 1.82. The molecule has 0 spiro atoms. The molecule has 0 aromatic rings. The van der Waals surface area contributed by atoms with E-state index < -0.39 is 6.03 Å². The summed E-state index contributed by atoms with van der Waals surface area (Å²) in [6.45, 7) is 0. The van der Waals surface area contributed by atoms with Crippen molar-refractivity contribution in [1.29, 1.82) is 0 Å². The van der Waals surface area contributed by atoms with Crippen LogP contribution in [-0.4, -0.2) is 16.7 Å². The summed E-state index contributed by atoms with van der Waals surface area (Å²) in [6.07, 6.45) is 0.214. The fraction of sp³-hybridized carbons (Fsp3) is 0. The average Bonchev–Trinajstić information content (AvgIpc) is 1.65. The van der Waals surface area contributed by atoms with Gasteiger partial charge in [0.2, 0.25) is 6.41 Å². The van der Waals surface area contributed by atoms with Crippen molar-refractivity contribution in [1.82, 2.24) is 4.31 Å². The van der Waals surface area contributed by atoms with Gasteiger partial charge >= 0.3 is 6.03 Å². The van der Waals surface area contributed by atoms with E-state index in [9.17, 15) is 9.59 Å². The normalized spacial score (nSPS) is 7.57. The minimum Gasteiger partial charge on any atom is -0.350 e. The number of rotatable bonds is 1. The zero-order valence-electron chi connectivity index (χ0n) is 3.37. The third kappa shape index (κ3) is 2.05. The third-order valence-corrected chi connectivity index (χ3v) is 0.617. The maximum absolute atomic E-state index is 9.77. The summed E-state index contributed by atoms with van der Waals surface area (Å²) >= 11 is 3.32. The second-order valence-corrected chi connectivity index (χ2v) is 1.22. The van der Waals surface area contributed by atoms with Crippen LogP contribution in [0.5, 0.6) is 0 Å². The van der Waals surface area contributed by atoms with Gasteiger partial charge in [-0.15, -0.1) is 0 Å². The number of primary amides is 1. The van der Waals surface area contributed by atoms with Crippen LogP contribution in [0.2, 0.25) is 0 Å². The number of urea groups is 1. The lowest BCUT2D eigenvalue weighted by Gasteiger charge is -1.97. The lowest BCUT2D eigenvalue weighted by Crippen LogP contribution is -2.25. The van der Waals surface area contributed by atoms with E-state index in [0.717, 1.165) is 0 Å². The van der Waals surface area contributed by atoms with Gasteiger partial charge in [-0.2, -0.15) is 0 Å². The maximum atomic E-state index is 9.77. The van der Waals surface area contributed by atoms with Crippen LogP contribution in [0.4, 0.5) is 4.79 Å². The summed E-state index contributed by atoms with van der Waals surface area (Å²) in [5.74, 6) is 0. The zero-order chi connectivity index (χ0) is 5.86. The number of hydrogen-bond acceptors (Lipinski definition) is 3. The molecule has 0 saturated carbocycles. The summed E-state index contributed by atoms with van der Waals surface area (Å²) in [6, 6.07) is -0.877. The van der Waals surface area contributed by atoms with Crippen molar-refractivity contribution in [3.63, 3.8) is 0 Å². The Kier molecular flexibility index (Phi) is 2.21. The van der Waals surface area contributed by atoms with E-state index in [-0.39, 0.29) is 6.41 Å². The summed E-state index contributed by atoms with van der Waals surface area (Å²) in [7, 11) is 0. The Balaban J connectivity index is 3.55. The molecule has 0 fully saturated rings. The molecule has 0 aromatic heterocycles. The fourth-order valence-corrected chi connectivity index (χ4v) is 0.0519. The second kappa shape index (κ2) is 2.46. The van der Waals surface area contributed by atoms with Crippen molar-refractivity contribution >= 4 is 25.3 Å². The molecule has 3 amide bonds. The van der Waals surface area contributed by atoms with E-state index in [2.05, 4.69) is 18.5 Å². The van der Waals surface area contributed by atoms with Gasteiger partial charge < -0.3 is 5.73 Å². The Morgan fingerprint density at radius 2 is 2.29 bits per heavy atom. The standard InChI is InChI=1S/C2H4N2O2S/c3-2(6)4(7)1-5/h1,7H,(H2,3,6). The predicted octanol–water partition coefficient (Wildman–Crippen LogP) is -0.632. The summed E-state index contributed by atoms with van der Waals surface area (Å²) in [5, 5.41) is 0. The molecule has 5 heteroatoms. The van der Waals surface area contributed by atoms with Crippen LogP contribution in [0.1, 0.15) is 0 Å². The van der Waals surface area contributed by atoms with Gasteiger partial charge in [-0.3, -0.25) is 4.79 Å². The van der Waals surface area contributed by atoms with Gasteiger partial charge in [-0.25, -0.2) is 9.10 Å². The molecular weight excluding hydrogens is 116 g/mol. The molecule has 0 aliphatic carbocycles. The Morgan fingerprint density at radius 3 is 2.29 bits per heavy atom. The number of carbonyl (C=O) groups is 2.